The van der Waals surface area contributed by atoms with E-state index in [2.05, 4.69) is 23.6 Å². The summed E-state index contributed by atoms with van der Waals surface area (Å²) < 4.78 is 25.0. The minimum atomic E-state index is -0.308. The molecule has 0 radical (unpaired) electrons. The molecular formula is C15H17FN2O2. The van der Waals surface area contributed by atoms with Gasteiger partial charge in [0, 0.05) is 18.7 Å². The minimum absolute atomic E-state index is 0.305. The van der Waals surface area contributed by atoms with Gasteiger partial charge in [0.1, 0.15) is 17.3 Å². The van der Waals surface area contributed by atoms with Gasteiger partial charge < -0.3 is 14.8 Å². The predicted molar refractivity (Wildman–Crippen MR) is 76.4 cm³/mol. The molecule has 1 atom stereocenters. The zero-order chi connectivity index (χ0) is 14.4. The number of rotatable bonds is 5. The normalized spacial score (nSPS) is 19.4. The number of nitrogens with one attached hydrogen (secondary N) is 1. The highest BCUT2D eigenvalue weighted by molar-refractivity contribution is 5.34. The van der Waals surface area contributed by atoms with Crippen LogP contribution in [0.5, 0.6) is 5.75 Å². The largest absolute Gasteiger partial charge is 0.456 e. The Morgan fingerprint density at radius 2 is 2.40 bits per heavy atom. The smallest absolute Gasteiger partial charge is 0.145 e. The van der Waals surface area contributed by atoms with E-state index in [1.807, 2.05) is 0 Å². The Morgan fingerprint density at radius 1 is 1.55 bits per heavy atom. The van der Waals surface area contributed by atoms with Crippen molar-refractivity contribution in [3.8, 4) is 5.75 Å². The lowest BCUT2D eigenvalue weighted by atomic mass is 10.1. The fourth-order valence-corrected chi connectivity index (χ4v) is 1.94. The van der Waals surface area contributed by atoms with Crippen LogP contribution in [0.2, 0.25) is 0 Å². The van der Waals surface area contributed by atoms with E-state index in [9.17, 15) is 4.39 Å². The lowest BCUT2D eigenvalue weighted by Crippen LogP contribution is -2.33. The molecule has 20 heavy (non-hydrogen) atoms. The number of hydrogen-bond acceptors (Lipinski definition) is 4. The molecule has 1 fully saturated rings. The van der Waals surface area contributed by atoms with Gasteiger partial charge >= 0.3 is 0 Å². The van der Waals surface area contributed by atoms with Crippen LogP contribution in [-0.2, 0) is 4.74 Å². The maximum Gasteiger partial charge on any atom is 0.145 e. The van der Waals surface area contributed by atoms with Crippen LogP contribution < -0.4 is 10.1 Å². The Hall–Kier alpha value is -1.98. The second-order valence-electron chi connectivity index (χ2n) is 4.27. The zero-order valence-electron chi connectivity index (χ0n) is 11.1. The Bertz CT molecular complexity index is 523. The Balaban J connectivity index is 2.21. The second-order valence-corrected chi connectivity index (χ2v) is 4.27. The van der Waals surface area contributed by atoms with Gasteiger partial charge in [-0.3, -0.25) is 4.99 Å². The average molecular weight is 276 g/mol. The molecule has 5 heteroatoms. The first kappa shape index (κ1) is 14.4. The molecule has 1 saturated heterocycles. The minimum Gasteiger partial charge on any atom is -0.456 e. The maximum atomic E-state index is 13.9. The van der Waals surface area contributed by atoms with Crippen molar-refractivity contribution in [1.82, 2.24) is 5.32 Å². The van der Waals surface area contributed by atoms with Crippen molar-refractivity contribution in [1.29, 1.82) is 0 Å². The van der Waals surface area contributed by atoms with Gasteiger partial charge in [-0.05, 0) is 31.0 Å². The third-order valence-electron chi connectivity index (χ3n) is 2.90. The molecule has 0 amide bonds. The lowest BCUT2D eigenvalue weighted by Gasteiger charge is -2.24. The third kappa shape index (κ3) is 3.53. The summed E-state index contributed by atoms with van der Waals surface area (Å²) >= 11 is 0. The van der Waals surface area contributed by atoms with Gasteiger partial charge in [0.2, 0.25) is 0 Å². The first-order valence-corrected chi connectivity index (χ1v) is 6.32. The number of halogens is 1. The van der Waals surface area contributed by atoms with Crippen LogP contribution in [0.15, 0.2) is 47.8 Å². The number of benzene rings is 1. The SMILES string of the molecule is C=C/C(=C\N=C)Oc1ccc(F)c(C2CNCCO2)c1. The molecule has 0 aromatic heterocycles. The summed E-state index contributed by atoms with van der Waals surface area (Å²) in [6, 6.07) is 4.55. The molecule has 1 aromatic carbocycles. The highest BCUT2D eigenvalue weighted by atomic mass is 19.1. The third-order valence-corrected chi connectivity index (χ3v) is 2.90. The molecule has 1 N–H and O–H groups in total. The highest BCUT2D eigenvalue weighted by Gasteiger charge is 2.20. The molecule has 0 aliphatic carbocycles. The van der Waals surface area contributed by atoms with E-state index in [1.165, 1.54) is 18.3 Å². The topological polar surface area (TPSA) is 42.8 Å². The number of aliphatic imine (C=N–C) groups is 1. The molecule has 1 heterocycles. The van der Waals surface area contributed by atoms with Crippen molar-refractivity contribution in [2.45, 2.75) is 6.10 Å². The van der Waals surface area contributed by atoms with E-state index in [-0.39, 0.29) is 11.9 Å². The van der Waals surface area contributed by atoms with Crippen LogP contribution in [0, 0.1) is 5.82 Å². The molecule has 1 aliphatic rings. The molecule has 4 nitrogen and oxygen atoms in total. The van der Waals surface area contributed by atoms with Crippen molar-refractivity contribution >= 4 is 6.72 Å². The predicted octanol–water partition coefficient (Wildman–Crippen LogP) is 2.59. The van der Waals surface area contributed by atoms with Gasteiger partial charge in [-0.1, -0.05) is 6.58 Å². The molecule has 1 unspecified atom stereocenters. The zero-order valence-corrected chi connectivity index (χ0v) is 11.1. The standard InChI is InChI=1S/C15H17FN2O2/c1-3-11(9-17-2)20-12-4-5-14(16)13(8-12)15-10-18-6-7-19-15/h3-5,8-9,15,18H,1-2,6-7,10H2/b11-9+. The van der Waals surface area contributed by atoms with E-state index < -0.39 is 0 Å². The molecule has 106 valence electrons. The van der Waals surface area contributed by atoms with E-state index >= 15 is 0 Å². The fraction of sp³-hybridized carbons (Fsp3) is 0.267. The quantitative estimate of drug-likeness (QED) is 0.510. The summed E-state index contributed by atoms with van der Waals surface area (Å²) in [6.45, 7) is 8.89. The van der Waals surface area contributed by atoms with Gasteiger partial charge in [-0.2, -0.15) is 0 Å². The molecule has 2 rings (SSSR count). The molecule has 1 aliphatic heterocycles. The van der Waals surface area contributed by atoms with E-state index in [0.717, 1.165) is 6.54 Å². The molecule has 0 spiro atoms. The summed E-state index contributed by atoms with van der Waals surface area (Å²) in [5.74, 6) is 0.641. The van der Waals surface area contributed by atoms with Crippen LogP contribution in [0.1, 0.15) is 11.7 Å². The van der Waals surface area contributed by atoms with Crippen LogP contribution >= 0.6 is 0 Å². The van der Waals surface area contributed by atoms with Crippen molar-refractivity contribution < 1.29 is 13.9 Å². The summed E-state index contributed by atoms with van der Waals surface area (Å²) in [7, 11) is 0. The Kier molecular flexibility index (Phi) is 5.03. The van der Waals surface area contributed by atoms with Gasteiger partial charge in [-0.15, -0.1) is 0 Å². The van der Waals surface area contributed by atoms with E-state index in [0.29, 0.717) is 30.2 Å². The van der Waals surface area contributed by atoms with Crippen molar-refractivity contribution in [3.05, 3.63) is 54.2 Å². The number of ether oxygens (including phenoxy) is 2. The van der Waals surface area contributed by atoms with Crippen LogP contribution in [0.3, 0.4) is 0 Å². The monoisotopic (exact) mass is 276 g/mol. The van der Waals surface area contributed by atoms with Crippen molar-refractivity contribution in [2.24, 2.45) is 4.99 Å². The summed E-state index contributed by atoms with van der Waals surface area (Å²) in [4.78, 5) is 3.62. The Morgan fingerprint density at radius 3 is 3.05 bits per heavy atom. The van der Waals surface area contributed by atoms with Gasteiger partial charge in [0.15, 0.2) is 0 Å². The molecular weight excluding hydrogens is 259 g/mol. The first-order chi connectivity index (χ1) is 9.74. The highest BCUT2D eigenvalue weighted by Crippen LogP contribution is 2.27. The summed E-state index contributed by atoms with van der Waals surface area (Å²) in [5, 5.41) is 3.17. The number of hydrogen-bond donors (Lipinski definition) is 1. The Labute approximate surface area is 117 Å². The maximum absolute atomic E-state index is 13.9. The van der Waals surface area contributed by atoms with Crippen LogP contribution in [0.25, 0.3) is 0 Å². The molecule has 1 aromatic rings. The fourth-order valence-electron chi connectivity index (χ4n) is 1.94. The van der Waals surface area contributed by atoms with Gasteiger partial charge in [0.05, 0.1) is 18.9 Å². The first-order valence-electron chi connectivity index (χ1n) is 6.32. The van der Waals surface area contributed by atoms with Crippen LogP contribution in [-0.4, -0.2) is 26.4 Å². The van der Waals surface area contributed by atoms with E-state index in [4.69, 9.17) is 9.47 Å². The molecule has 0 bridgehead atoms. The van der Waals surface area contributed by atoms with Gasteiger partial charge in [-0.25, -0.2) is 4.39 Å². The van der Waals surface area contributed by atoms with E-state index in [1.54, 1.807) is 12.1 Å². The lowest BCUT2D eigenvalue weighted by molar-refractivity contribution is 0.0254. The average Bonchev–Trinajstić information content (AvgIpc) is 2.49. The van der Waals surface area contributed by atoms with Crippen molar-refractivity contribution in [2.75, 3.05) is 19.7 Å². The number of allylic oxidation sites excluding steroid dienone is 1. The summed E-state index contributed by atoms with van der Waals surface area (Å²) in [5.41, 5.74) is 0.477. The van der Waals surface area contributed by atoms with Gasteiger partial charge in [0.25, 0.3) is 0 Å². The summed E-state index contributed by atoms with van der Waals surface area (Å²) in [6.07, 6.45) is 2.64. The molecule has 0 saturated carbocycles. The number of nitrogens with zero attached hydrogens (tertiary/aromatic N) is 1. The number of morpholine rings is 1. The second kappa shape index (κ2) is 6.98. The van der Waals surface area contributed by atoms with Crippen molar-refractivity contribution in [3.63, 3.8) is 0 Å². The van der Waals surface area contributed by atoms with Crippen LogP contribution in [0.4, 0.5) is 4.39 Å².